The second-order valence-electron chi connectivity index (χ2n) is 5.16. The third-order valence-corrected chi connectivity index (χ3v) is 3.76. The van der Waals surface area contributed by atoms with E-state index in [1.54, 1.807) is 31.5 Å². The number of carbonyl (C=O) groups excluding carboxylic acids is 1. The average Bonchev–Trinajstić information content (AvgIpc) is 2.65. The summed E-state index contributed by atoms with van der Waals surface area (Å²) in [5.41, 5.74) is 1.81. The van der Waals surface area contributed by atoms with Crippen molar-refractivity contribution in [2.75, 3.05) is 13.7 Å². The fraction of sp³-hybridized carbons (Fsp3) is 0.100. The Morgan fingerprint density at radius 2 is 2.00 bits per heavy atom. The number of fused-ring (bicyclic) bond motifs is 1. The molecule has 0 aliphatic heterocycles. The Morgan fingerprint density at radius 1 is 1.17 bits per heavy atom. The molecule has 120 valence electrons. The van der Waals surface area contributed by atoms with E-state index < -0.39 is 0 Å². The van der Waals surface area contributed by atoms with E-state index in [1.807, 2.05) is 30.3 Å². The van der Waals surface area contributed by atoms with Gasteiger partial charge in [-0.15, -0.1) is 0 Å². The number of methoxy groups -OCH3 is 1. The highest BCUT2D eigenvalue weighted by atomic mass is 16.5. The lowest BCUT2D eigenvalue weighted by Gasteiger charge is -2.17. The highest BCUT2D eigenvalue weighted by molar-refractivity contribution is 6.01. The molecule has 3 rings (SSSR count). The lowest BCUT2D eigenvalue weighted by molar-refractivity contribution is 0.112. The molecule has 3 aromatic rings. The van der Waals surface area contributed by atoms with Crippen molar-refractivity contribution in [1.82, 2.24) is 4.98 Å². The smallest absolute Gasteiger partial charge is 0.171 e. The minimum atomic E-state index is 0.302. The predicted molar refractivity (Wildman–Crippen MR) is 94.8 cm³/mol. The van der Waals surface area contributed by atoms with Crippen LogP contribution in [0.15, 0.2) is 61.3 Å². The minimum absolute atomic E-state index is 0.302. The van der Waals surface area contributed by atoms with Crippen LogP contribution in [-0.4, -0.2) is 25.0 Å². The minimum Gasteiger partial charge on any atom is -0.493 e. The maximum atomic E-state index is 11.6. The van der Waals surface area contributed by atoms with Crippen molar-refractivity contribution < 1.29 is 14.3 Å². The highest BCUT2D eigenvalue weighted by Crippen LogP contribution is 2.41. The number of pyridine rings is 1. The van der Waals surface area contributed by atoms with Gasteiger partial charge in [-0.05, 0) is 23.6 Å². The fourth-order valence-electron chi connectivity index (χ4n) is 2.69. The van der Waals surface area contributed by atoms with Crippen LogP contribution in [0.1, 0.15) is 10.4 Å². The summed E-state index contributed by atoms with van der Waals surface area (Å²) in [7, 11) is 1.57. The molecule has 1 aromatic heterocycles. The van der Waals surface area contributed by atoms with Crippen LogP contribution in [0.3, 0.4) is 0 Å². The zero-order valence-corrected chi connectivity index (χ0v) is 13.4. The van der Waals surface area contributed by atoms with E-state index in [2.05, 4.69) is 11.6 Å². The molecule has 0 saturated heterocycles. The van der Waals surface area contributed by atoms with Crippen LogP contribution in [0, 0.1) is 0 Å². The molecule has 4 nitrogen and oxygen atoms in total. The van der Waals surface area contributed by atoms with E-state index in [4.69, 9.17) is 9.47 Å². The van der Waals surface area contributed by atoms with Gasteiger partial charge >= 0.3 is 0 Å². The Labute approximate surface area is 140 Å². The molecule has 0 aliphatic rings. The zero-order valence-electron chi connectivity index (χ0n) is 13.4. The molecule has 0 N–H and O–H groups in total. The number of nitrogens with zero attached hydrogens (tertiary/aromatic N) is 1. The second kappa shape index (κ2) is 6.96. The highest BCUT2D eigenvalue weighted by Gasteiger charge is 2.20. The lowest BCUT2D eigenvalue weighted by Crippen LogP contribution is -2.02. The van der Waals surface area contributed by atoms with Crippen LogP contribution in [0.2, 0.25) is 0 Å². The van der Waals surface area contributed by atoms with Gasteiger partial charge in [-0.1, -0.05) is 36.9 Å². The number of benzene rings is 2. The normalized spacial score (nSPS) is 10.4. The van der Waals surface area contributed by atoms with Gasteiger partial charge < -0.3 is 9.47 Å². The third kappa shape index (κ3) is 2.74. The monoisotopic (exact) mass is 319 g/mol. The summed E-state index contributed by atoms with van der Waals surface area (Å²) < 4.78 is 11.2. The maximum absolute atomic E-state index is 11.6. The fourth-order valence-corrected chi connectivity index (χ4v) is 2.69. The summed E-state index contributed by atoms with van der Waals surface area (Å²) in [6, 6.07) is 13.3. The summed E-state index contributed by atoms with van der Waals surface area (Å²) in [6.45, 7) is 3.98. The summed E-state index contributed by atoms with van der Waals surface area (Å²) >= 11 is 0. The summed E-state index contributed by atoms with van der Waals surface area (Å²) in [6.07, 6.45) is 4.18. The molecule has 0 unspecified atom stereocenters. The average molecular weight is 319 g/mol. The number of ether oxygens (including phenoxy) is 2. The van der Waals surface area contributed by atoms with Gasteiger partial charge in [0.15, 0.2) is 17.8 Å². The van der Waals surface area contributed by atoms with Gasteiger partial charge in [0.25, 0.3) is 0 Å². The Morgan fingerprint density at radius 3 is 2.75 bits per heavy atom. The number of aromatic nitrogens is 1. The molecule has 0 aliphatic carbocycles. The largest absolute Gasteiger partial charge is 0.493 e. The van der Waals surface area contributed by atoms with Gasteiger partial charge in [-0.25, -0.2) is 0 Å². The molecule has 24 heavy (non-hydrogen) atoms. The van der Waals surface area contributed by atoms with Gasteiger partial charge in [-0.2, -0.15) is 0 Å². The molecule has 2 aromatic carbocycles. The number of rotatable bonds is 6. The van der Waals surface area contributed by atoms with Crippen molar-refractivity contribution in [2.24, 2.45) is 0 Å². The van der Waals surface area contributed by atoms with E-state index >= 15 is 0 Å². The topological polar surface area (TPSA) is 48.4 Å². The third-order valence-electron chi connectivity index (χ3n) is 3.76. The maximum Gasteiger partial charge on any atom is 0.171 e. The molecule has 0 radical (unpaired) electrons. The lowest BCUT2D eigenvalue weighted by atomic mass is 9.98. The summed E-state index contributed by atoms with van der Waals surface area (Å²) in [4.78, 5) is 16.1. The zero-order chi connectivity index (χ0) is 16.9. The summed E-state index contributed by atoms with van der Waals surface area (Å²) in [5.74, 6) is 1.04. The Bertz CT molecular complexity index is 897. The van der Waals surface area contributed by atoms with Gasteiger partial charge in [0.05, 0.1) is 18.4 Å². The van der Waals surface area contributed by atoms with Gasteiger partial charge in [0, 0.05) is 17.1 Å². The van der Waals surface area contributed by atoms with Crippen LogP contribution in [0.25, 0.3) is 22.0 Å². The van der Waals surface area contributed by atoms with Crippen molar-refractivity contribution in [3.63, 3.8) is 0 Å². The standard InChI is InChI=1S/C20H17NO3/c1-3-12-24-20-17(23-2)9-8-15(13-22)18(20)19-16-7-5-4-6-14(16)10-11-21-19/h3-11,13H,1,12H2,2H3. The van der Waals surface area contributed by atoms with E-state index in [1.165, 1.54) is 0 Å². The summed E-state index contributed by atoms with van der Waals surface area (Å²) in [5, 5.41) is 1.98. The molecule has 0 atom stereocenters. The van der Waals surface area contributed by atoms with Crippen LogP contribution >= 0.6 is 0 Å². The first-order valence-corrected chi connectivity index (χ1v) is 7.54. The van der Waals surface area contributed by atoms with E-state index in [0.29, 0.717) is 34.9 Å². The second-order valence-corrected chi connectivity index (χ2v) is 5.16. The van der Waals surface area contributed by atoms with Gasteiger partial charge in [0.1, 0.15) is 6.61 Å². The van der Waals surface area contributed by atoms with Crippen LogP contribution < -0.4 is 9.47 Å². The Hall–Kier alpha value is -3.14. The molecule has 0 amide bonds. The van der Waals surface area contributed by atoms with E-state index in [0.717, 1.165) is 17.1 Å². The molecule has 0 saturated carbocycles. The number of hydrogen-bond acceptors (Lipinski definition) is 4. The van der Waals surface area contributed by atoms with Crippen LogP contribution in [0.4, 0.5) is 0 Å². The SMILES string of the molecule is C=CCOc1c(OC)ccc(C=O)c1-c1nccc2ccccc12. The van der Waals surface area contributed by atoms with Gasteiger partial charge in [0.2, 0.25) is 0 Å². The van der Waals surface area contributed by atoms with Crippen molar-refractivity contribution in [2.45, 2.75) is 0 Å². The quantitative estimate of drug-likeness (QED) is 0.502. The molecule has 1 heterocycles. The molecule has 0 bridgehead atoms. The first-order chi connectivity index (χ1) is 11.8. The predicted octanol–water partition coefficient (Wildman–Crippen LogP) is 4.29. The van der Waals surface area contributed by atoms with Crippen molar-refractivity contribution in [3.05, 3.63) is 66.9 Å². The Balaban J connectivity index is 2.35. The van der Waals surface area contributed by atoms with E-state index in [-0.39, 0.29) is 0 Å². The van der Waals surface area contributed by atoms with Crippen LogP contribution in [-0.2, 0) is 0 Å². The Kier molecular flexibility index (Phi) is 4.57. The molecular weight excluding hydrogens is 302 g/mol. The molecular formula is C20H17NO3. The van der Waals surface area contributed by atoms with Crippen molar-refractivity contribution in [3.8, 4) is 22.8 Å². The first kappa shape index (κ1) is 15.7. The number of aldehydes is 1. The number of carbonyl (C=O) groups is 1. The molecule has 0 spiro atoms. The molecule has 4 heteroatoms. The van der Waals surface area contributed by atoms with Crippen LogP contribution in [0.5, 0.6) is 11.5 Å². The first-order valence-electron chi connectivity index (χ1n) is 7.54. The molecule has 0 fully saturated rings. The number of hydrogen-bond donors (Lipinski definition) is 0. The van der Waals surface area contributed by atoms with E-state index in [9.17, 15) is 4.79 Å². The van der Waals surface area contributed by atoms with Gasteiger partial charge in [-0.3, -0.25) is 9.78 Å². The van der Waals surface area contributed by atoms with Crippen molar-refractivity contribution >= 4 is 17.1 Å². The van der Waals surface area contributed by atoms with Crippen molar-refractivity contribution in [1.29, 1.82) is 0 Å².